The van der Waals surface area contributed by atoms with E-state index < -0.39 is 23.3 Å². The number of carbonyl (C=O) groups excluding carboxylic acids is 1. The molecule has 0 bridgehead atoms. The first-order valence-electron chi connectivity index (χ1n) is 6.42. The fourth-order valence-electron chi connectivity index (χ4n) is 1.73. The van der Waals surface area contributed by atoms with Gasteiger partial charge in [-0.15, -0.1) is 0 Å². The number of hydrogen-bond acceptors (Lipinski definition) is 4. The summed E-state index contributed by atoms with van der Waals surface area (Å²) >= 11 is 1.02. The average Bonchev–Trinajstić information content (AvgIpc) is 2.43. The number of rotatable bonds is 4. The third-order valence-corrected chi connectivity index (χ3v) is 3.59. The summed E-state index contributed by atoms with van der Waals surface area (Å²) in [5, 5.41) is 2.75. The van der Waals surface area contributed by atoms with Crippen LogP contribution in [0.1, 0.15) is 11.3 Å². The Labute approximate surface area is 133 Å². The first-order valence-corrected chi connectivity index (χ1v) is 7.40. The van der Waals surface area contributed by atoms with E-state index in [1.807, 2.05) is 0 Å². The number of amides is 1. The zero-order valence-corrected chi connectivity index (χ0v) is 12.7. The molecule has 0 aliphatic heterocycles. The molecule has 0 atom stereocenters. The van der Waals surface area contributed by atoms with Crippen molar-refractivity contribution in [3.05, 3.63) is 52.1 Å². The number of alkyl halides is 3. The van der Waals surface area contributed by atoms with Crippen LogP contribution < -0.4 is 11.0 Å². The van der Waals surface area contributed by atoms with Gasteiger partial charge in [-0.25, -0.2) is 4.79 Å². The summed E-state index contributed by atoms with van der Waals surface area (Å²) in [7, 11) is 0. The standard InChI is InChI=1S/C14H12F3N3O2S/c1-8-5-12(20-13(22)18-8)23-7-11(21)19-10-4-2-3-9(6-10)14(15,16)17/h2-6H,7H2,1H3,(H,19,21)(H,18,20,22). The molecule has 0 radical (unpaired) electrons. The number of benzene rings is 1. The maximum Gasteiger partial charge on any atom is 0.416 e. The van der Waals surface area contributed by atoms with Crippen molar-refractivity contribution in [2.24, 2.45) is 0 Å². The minimum Gasteiger partial charge on any atom is -0.325 e. The van der Waals surface area contributed by atoms with E-state index in [1.54, 1.807) is 13.0 Å². The molecule has 0 spiro atoms. The van der Waals surface area contributed by atoms with Crippen LogP contribution >= 0.6 is 11.8 Å². The smallest absolute Gasteiger partial charge is 0.325 e. The van der Waals surface area contributed by atoms with E-state index in [-0.39, 0.29) is 11.4 Å². The predicted octanol–water partition coefficient (Wildman–Crippen LogP) is 2.83. The lowest BCUT2D eigenvalue weighted by Gasteiger charge is -2.09. The summed E-state index contributed by atoms with van der Waals surface area (Å²) in [6, 6.07) is 5.97. The highest BCUT2D eigenvalue weighted by molar-refractivity contribution is 7.99. The summed E-state index contributed by atoms with van der Waals surface area (Å²) in [4.78, 5) is 29.1. The number of halogens is 3. The Hall–Kier alpha value is -2.29. The Morgan fingerprint density at radius 2 is 2.09 bits per heavy atom. The maximum atomic E-state index is 12.6. The van der Waals surface area contributed by atoms with Gasteiger partial charge in [0, 0.05) is 11.4 Å². The quantitative estimate of drug-likeness (QED) is 0.661. The van der Waals surface area contributed by atoms with Gasteiger partial charge < -0.3 is 10.3 Å². The van der Waals surface area contributed by atoms with Crippen LogP contribution in [0.4, 0.5) is 18.9 Å². The molecule has 2 N–H and O–H groups in total. The van der Waals surface area contributed by atoms with Crippen LogP contribution in [0, 0.1) is 6.92 Å². The number of carbonyl (C=O) groups is 1. The molecule has 0 aliphatic carbocycles. The summed E-state index contributed by atoms with van der Waals surface area (Å²) in [6.07, 6.45) is -4.47. The van der Waals surface area contributed by atoms with Gasteiger partial charge in [-0.2, -0.15) is 18.2 Å². The highest BCUT2D eigenvalue weighted by atomic mass is 32.2. The number of H-pyrrole nitrogens is 1. The minimum absolute atomic E-state index is 0.0560. The number of aryl methyl sites for hydroxylation is 1. The molecule has 1 aromatic carbocycles. The van der Waals surface area contributed by atoms with Crippen molar-refractivity contribution >= 4 is 23.4 Å². The number of aromatic nitrogens is 2. The van der Waals surface area contributed by atoms with Crippen LogP contribution in [-0.4, -0.2) is 21.6 Å². The number of aromatic amines is 1. The molecule has 1 aromatic heterocycles. The summed E-state index contributed by atoms with van der Waals surface area (Å²) < 4.78 is 37.8. The molecule has 23 heavy (non-hydrogen) atoms. The molecular weight excluding hydrogens is 331 g/mol. The van der Waals surface area contributed by atoms with Crippen LogP contribution in [0.15, 0.2) is 40.2 Å². The number of hydrogen-bond donors (Lipinski definition) is 2. The van der Waals surface area contributed by atoms with Gasteiger partial charge in [0.25, 0.3) is 0 Å². The Morgan fingerprint density at radius 3 is 2.74 bits per heavy atom. The van der Waals surface area contributed by atoms with Gasteiger partial charge in [0.05, 0.1) is 11.3 Å². The molecule has 1 heterocycles. The Kier molecular flexibility index (Phi) is 5.09. The minimum atomic E-state index is -4.47. The largest absolute Gasteiger partial charge is 0.416 e. The summed E-state index contributed by atoms with van der Waals surface area (Å²) in [6.45, 7) is 1.68. The van der Waals surface area contributed by atoms with Crippen molar-refractivity contribution in [3.63, 3.8) is 0 Å². The molecule has 9 heteroatoms. The van der Waals surface area contributed by atoms with Crippen molar-refractivity contribution in [2.45, 2.75) is 18.1 Å². The van der Waals surface area contributed by atoms with Crippen LogP contribution in [-0.2, 0) is 11.0 Å². The van der Waals surface area contributed by atoms with Crippen LogP contribution in [0.3, 0.4) is 0 Å². The second-order valence-electron chi connectivity index (χ2n) is 4.62. The zero-order valence-electron chi connectivity index (χ0n) is 11.9. The molecule has 0 unspecified atom stereocenters. The fraction of sp³-hybridized carbons (Fsp3) is 0.214. The SMILES string of the molecule is Cc1cc(SCC(=O)Nc2cccc(C(F)(F)F)c2)nc(=O)[nH]1. The first kappa shape index (κ1) is 17.1. The lowest BCUT2D eigenvalue weighted by atomic mass is 10.2. The molecule has 5 nitrogen and oxygen atoms in total. The second-order valence-corrected chi connectivity index (χ2v) is 5.62. The van der Waals surface area contributed by atoms with E-state index >= 15 is 0 Å². The molecule has 0 saturated heterocycles. The highest BCUT2D eigenvalue weighted by Crippen LogP contribution is 2.30. The van der Waals surface area contributed by atoms with Crippen LogP contribution in [0.2, 0.25) is 0 Å². The normalized spacial score (nSPS) is 11.3. The molecule has 0 aliphatic rings. The maximum absolute atomic E-state index is 12.6. The van der Waals surface area contributed by atoms with E-state index in [2.05, 4.69) is 15.3 Å². The summed E-state index contributed by atoms with van der Waals surface area (Å²) in [5.41, 5.74) is -0.702. The zero-order chi connectivity index (χ0) is 17.0. The average molecular weight is 343 g/mol. The van der Waals surface area contributed by atoms with Crippen molar-refractivity contribution in [1.29, 1.82) is 0 Å². The molecule has 2 aromatic rings. The fourth-order valence-corrected chi connectivity index (χ4v) is 2.49. The van der Waals surface area contributed by atoms with Gasteiger partial charge in [0.2, 0.25) is 5.91 Å². The van der Waals surface area contributed by atoms with E-state index in [4.69, 9.17) is 0 Å². The van der Waals surface area contributed by atoms with Crippen molar-refractivity contribution in [3.8, 4) is 0 Å². The Morgan fingerprint density at radius 1 is 1.35 bits per heavy atom. The molecule has 1 amide bonds. The van der Waals surface area contributed by atoms with Crippen LogP contribution in [0.25, 0.3) is 0 Å². The van der Waals surface area contributed by atoms with E-state index in [9.17, 15) is 22.8 Å². The lowest BCUT2D eigenvalue weighted by Crippen LogP contribution is -2.16. The van der Waals surface area contributed by atoms with Crippen molar-refractivity contribution in [1.82, 2.24) is 9.97 Å². The molecular formula is C14H12F3N3O2S. The monoisotopic (exact) mass is 343 g/mol. The molecule has 2 rings (SSSR count). The van der Waals surface area contributed by atoms with Crippen molar-refractivity contribution in [2.75, 3.05) is 11.1 Å². The van der Waals surface area contributed by atoms with Gasteiger partial charge in [-0.3, -0.25) is 4.79 Å². The highest BCUT2D eigenvalue weighted by Gasteiger charge is 2.30. The van der Waals surface area contributed by atoms with E-state index in [1.165, 1.54) is 12.1 Å². The number of thioether (sulfide) groups is 1. The third-order valence-electron chi connectivity index (χ3n) is 2.68. The van der Waals surface area contributed by atoms with E-state index in [0.29, 0.717) is 10.7 Å². The molecule has 0 fully saturated rings. The Balaban J connectivity index is 1.98. The summed E-state index contributed by atoms with van der Waals surface area (Å²) in [5.74, 6) is -0.569. The van der Waals surface area contributed by atoms with Crippen LogP contribution in [0.5, 0.6) is 0 Å². The molecule has 122 valence electrons. The topological polar surface area (TPSA) is 74.8 Å². The number of nitrogens with one attached hydrogen (secondary N) is 2. The lowest BCUT2D eigenvalue weighted by molar-refractivity contribution is -0.137. The van der Waals surface area contributed by atoms with Gasteiger partial charge in [-0.1, -0.05) is 17.8 Å². The third kappa shape index (κ3) is 5.13. The number of anilines is 1. The Bertz CT molecular complexity index is 774. The van der Waals surface area contributed by atoms with Gasteiger partial charge in [0.15, 0.2) is 0 Å². The van der Waals surface area contributed by atoms with Gasteiger partial charge >= 0.3 is 11.9 Å². The predicted molar refractivity (Wildman–Crippen MR) is 80.4 cm³/mol. The van der Waals surface area contributed by atoms with Gasteiger partial charge in [0.1, 0.15) is 5.03 Å². The number of nitrogens with zero attached hydrogens (tertiary/aromatic N) is 1. The molecule has 0 saturated carbocycles. The van der Waals surface area contributed by atoms with Gasteiger partial charge in [-0.05, 0) is 31.2 Å². The second kappa shape index (κ2) is 6.86. The first-order chi connectivity index (χ1) is 10.7. The van der Waals surface area contributed by atoms with E-state index in [0.717, 1.165) is 23.9 Å². The van der Waals surface area contributed by atoms with Crippen molar-refractivity contribution < 1.29 is 18.0 Å².